The van der Waals surface area contributed by atoms with Crippen molar-refractivity contribution in [2.45, 2.75) is 51.5 Å². The molecule has 1 aliphatic carbocycles. The second kappa shape index (κ2) is 8.93. The van der Waals surface area contributed by atoms with Crippen LogP contribution in [0.1, 0.15) is 45.4 Å². The van der Waals surface area contributed by atoms with E-state index in [0.29, 0.717) is 6.04 Å². The summed E-state index contributed by atoms with van der Waals surface area (Å²) >= 11 is 0. The quantitative estimate of drug-likeness (QED) is 0.784. The first kappa shape index (κ1) is 16.2. The van der Waals surface area contributed by atoms with Gasteiger partial charge in [0.1, 0.15) is 18.1 Å². The summed E-state index contributed by atoms with van der Waals surface area (Å²) in [6, 6.07) is 8.34. The summed E-state index contributed by atoms with van der Waals surface area (Å²) in [6.45, 7) is 4.05. The summed E-state index contributed by atoms with van der Waals surface area (Å²) in [6.07, 6.45) is 8.00. The summed E-state index contributed by atoms with van der Waals surface area (Å²) in [5.41, 5.74) is 0. The molecule has 1 saturated carbocycles. The van der Waals surface area contributed by atoms with E-state index >= 15 is 0 Å². The van der Waals surface area contributed by atoms with Crippen molar-refractivity contribution < 1.29 is 9.47 Å². The normalized spacial score (nSPS) is 17.4. The molecule has 0 aliphatic heterocycles. The Labute approximate surface area is 129 Å². The first-order valence-corrected chi connectivity index (χ1v) is 8.33. The molecule has 0 aromatic heterocycles. The van der Waals surface area contributed by atoms with Gasteiger partial charge in [-0.3, -0.25) is 0 Å². The van der Waals surface area contributed by atoms with Gasteiger partial charge in [0.15, 0.2) is 0 Å². The average Bonchev–Trinajstić information content (AvgIpc) is 2.56. The number of nitrogens with one attached hydrogen (secondary N) is 1. The number of hydrogen-bond donors (Lipinski definition) is 1. The molecule has 0 saturated heterocycles. The number of rotatable bonds is 8. The van der Waals surface area contributed by atoms with Crippen molar-refractivity contribution in [3.63, 3.8) is 0 Å². The summed E-state index contributed by atoms with van der Waals surface area (Å²) in [5.74, 6) is 2.56. The Bertz CT molecular complexity index is 385. The molecule has 1 N–H and O–H groups in total. The van der Waals surface area contributed by atoms with Crippen molar-refractivity contribution in [3.8, 4) is 11.5 Å². The fourth-order valence-corrected chi connectivity index (χ4v) is 3.09. The van der Waals surface area contributed by atoms with Gasteiger partial charge in [0, 0.05) is 6.04 Å². The Kier molecular flexibility index (Phi) is 6.87. The molecule has 3 heteroatoms. The number of ether oxygens (including phenoxy) is 2. The molecule has 1 unspecified atom stereocenters. The second-order valence-corrected chi connectivity index (χ2v) is 5.95. The zero-order valence-electron chi connectivity index (χ0n) is 13.4. The third kappa shape index (κ3) is 5.24. The van der Waals surface area contributed by atoms with Crippen LogP contribution in [0.25, 0.3) is 0 Å². The molecule has 1 aliphatic rings. The van der Waals surface area contributed by atoms with Crippen LogP contribution in [0.3, 0.4) is 0 Å². The van der Waals surface area contributed by atoms with Crippen LogP contribution in [0.2, 0.25) is 0 Å². The van der Waals surface area contributed by atoms with E-state index in [1.807, 2.05) is 24.3 Å². The van der Waals surface area contributed by atoms with Crippen molar-refractivity contribution in [2.75, 3.05) is 20.3 Å². The Morgan fingerprint density at radius 3 is 2.38 bits per heavy atom. The highest BCUT2D eigenvalue weighted by Gasteiger charge is 2.23. The average molecular weight is 291 g/mol. The summed E-state index contributed by atoms with van der Waals surface area (Å²) in [4.78, 5) is 0. The van der Waals surface area contributed by atoms with Gasteiger partial charge in [-0.2, -0.15) is 0 Å². The lowest BCUT2D eigenvalue weighted by molar-refractivity contribution is 0.186. The molecule has 1 aromatic rings. The maximum Gasteiger partial charge on any atom is 0.119 e. The van der Waals surface area contributed by atoms with Crippen LogP contribution < -0.4 is 14.8 Å². The molecule has 0 heterocycles. The molecule has 1 atom stereocenters. The fourth-order valence-electron chi connectivity index (χ4n) is 3.09. The standard InChI is InChI=1S/C18H29NO2/c1-3-13-19-18(15-7-5-4-6-8-15)14-21-17-11-9-16(20-2)10-12-17/h9-12,15,18-19H,3-8,13-14H2,1-2H3. The minimum Gasteiger partial charge on any atom is -0.497 e. The van der Waals surface area contributed by atoms with Gasteiger partial charge in [0.05, 0.1) is 7.11 Å². The maximum atomic E-state index is 6.00. The molecule has 0 amide bonds. The lowest BCUT2D eigenvalue weighted by Crippen LogP contribution is -2.42. The van der Waals surface area contributed by atoms with E-state index in [1.165, 1.54) is 38.5 Å². The molecular weight excluding hydrogens is 262 g/mol. The molecule has 0 spiro atoms. The number of methoxy groups -OCH3 is 1. The van der Waals surface area contributed by atoms with E-state index in [9.17, 15) is 0 Å². The maximum absolute atomic E-state index is 6.00. The SMILES string of the molecule is CCCNC(COc1ccc(OC)cc1)C1CCCCC1. The smallest absolute Gasteiger partial charge is 0.119 e. The zero-order valence-corrected chi connectivity index (χ0v) is 13.4. The van der Waals surface area contributed by atoms with Crippen molar-refractivity contribution in [3.05, 3.63) is 24.3 Å². The van der Waals surface area contributed by atoms with E-state index in [-0.39, 0.29) is 0 Å². The van der Waals surface area contributed by atoms with Crippen molar-refractivity contribution in [1.82, 2.24) is 5.32 Å². The molecular formula is C18H29NO2. The van der Waals surface area contributed by atoms with Crippen LogP contribution in [0.15, 0.2) is 24.3 Å². The lowest BCUT2D eigenvalue weighted by atomic mass is 9.84. The summed E-state index contributed by atoms with van der Waals surface area (Å²) < 4.78 is 11.2. The summed E-state index contributed by atoms with van der Waals surface area (Å²) in [5, 5.41) is 3.68. The number of benzene rings is 1. The molecule has 3 nitrogen and oxygen atoms in total. The van der Waals surface area contributed by atoms with Gasteiger partial charge in [-0.05, 0) is 56.0 Å². The highest BCUT2D eigenvalue weighted by Crippen LogP contribution is 2.27. The Hall–Kier alpha value is -1.22. The minimum atomic E-state index is 0.479. The second-order valence-electron chi connectivity index (χ2n) is 5.95. The third-order valence-electron chi connectivity index (χ3n) is 4.36. The third-order valence-corrected chi connectivity index (χ3v) is 4.36. The van der Waals surface area contributed by atoms with Crippen molar-refractivity contribution in [1.29, 1.82) is 0 Å². The fraction of sp³-hybridized carbons (Fsp3) is 0.667. The van der Waals surface area contributed by atoms with Gasteiger partial charge in [0.2, 0.25) is 0 Å². The van der Waals surface area contributed by atoms with Crippen LogP contribution in [-0.4, -0.2) is 26.3 Å². The monoisotopic (exact) mass is 291 g/mol. The minimum absolute atomic E-state index is 0.479. The van der Waals surface area contributed by atoms with E-state index in [1.54, 1.807) is 7.11 Å². The van der Waals surface area contributed by atoms with E-state index in [4.69, 9.17) is 9.47 Å². The van der Waals surface area contributed by atoms with Crippen LogP contribution in [-0.2, 0) is 0 Å². The van der Waals surface area contributed by atoms with Crippen LogP contribution >= 0.6 is 0 Å². The first-order valence-electron chi connectivity index (χ1n) is 8.33. The molecule has 2 rings (SSSR count). The van der Waals surface area contributed by atoms with Crippen molar-refractivity contribution >= 4 is 0 Å². The molecule has 1 aromatic carbocycles. The summed E-state index contributed by atoms with van der Waals surface area (Å²) in [7, 11) is 1.68. The van der Waals surface area contributed by atoms with Crippen LogP contribution in [0.5, 0.6) is 11.5 Å². The lowest BCUT2D eigenvalue weighted by Gasteiger charge is -2.31. The Morgan fingerprint density at radius 1 is 1.10 bits per heavy atom. The van der Waals surface area contributed by atoms with E-state index in [2.05, 4.69) is 12.2 Å². The molecule has 0 radical (unpaired) electrons. The van der Waals surface area contributed by atoms with Gasteiger partial charge in [0.25, 0.3) is 0 Å². The van der Waals surface area contributed by atoms with Gasteiger partial charge < -0.3 is 14.8 Å². The molecule has 21 heavy (non-hydrogen) atoms. The predicted octanol–water partition coefficient (Wildman–Crippen LogP) is 4.02. The van der Waals surface area contributed by atoms with Gasteiger partial charge >= 0.3 is 0 Å². The topological polar surface area (TPSA) is 30.5 Å². The predicted molar refractivity (Wildman–Crippen MR) is 87.1 cm³/mol. The molecule has 118 valence electrons. The number of hydrogen-bond acceptors (Lipinski definition) is 3. The van der Waals surface area contributed by atoms with Crippen LogP contribution in [0, 0.1) is 5.92 Å². The highest BCUT2D eigenvalue weighted by atomic mass is 16.5. The zero-order chi connectivity index (χ0) is 14.9. The Morgan fingerprint density at radius 2 is 1.76 bits per heavy atom. The highest BCUT2D eigenvalue weighted by molar-refractivity contribution is 5.31. The van der Waals surface area contributed by atoms with Gasteiger partial charge in [-0.1, -0.05) is 26.2 Å². The Balaban J connectivity index is 1.87. The first-order chi connectivity index (χ1) is 10.3. The van der Waals surface area contributed by atoms with E-state index < -0.39 is 0 Å². The van der Waals surface area contributed by atoms with Gasteiger partial charge in [-0.15, -0.1) is 0 Å². The molecule has 1 fully saturated rings. The van der Waals surface area contributed by atoms with Gasteiger partial charge in [-0.25, -0.2) is 0 Å². The van der Waals surface area contributed by atoms with Crippen LogP contribution in [0.4, 0.5) is 0 Å². The van der Waals surface area contributed by atoms with E-state index in [0.717, 1.165) is 30.6 Å². The molecule has 0 bridgehead atoms. The van der Waals surface area contributed by atoms with Crippen molar-refractivity contribution in [2.24, 2.45) is 5.92 Å². The largest absolute Gasteiger partial charge is 0.497 e.